The summed E-state index contributed by atoms with van der Waals surface area (Å²) in [6.45, 7) is 1.83. The highest BCUT2D eigenvalue weighted by molar-refractivity contribution is 6.34. The second kappa shape index (κ2) is 5.37. The molecule has 2 aromatic rings. The normalized spacial score (nSPS) is 12.2. The average molecular weight is 285 g/mol. The predicted molar refractivity (Wildman–Crippen MR) is 68.7 cm³/mol. The number of carbonyl (C=O) groups excluding carboxylic acids is 1. The zero-order valence-electron chi connectivity index (χ0n) is 9.45. The van der Waals surface area contributed by atoms with E-state index in [-0.39, 0.29) is 27.8 Å². The smallest absolute Gasteiger partial charge is 0.271 e. The summed E-state index contributed by atoms with van der Waals surface area (Å²) in [5.41, 5.74) is 0.973. The van der Waals surface area contributed by atoms with Gasteiger partial charge >= 0.3 is 0 Å². The van der Waals surface area contributed by atoms with E-state index in [0.29, 0.717) is 0 Å². The molecule has 2 heterocycles. The summed E-state index contributed by atoms with van der Waals surface area (Å²) in [5, 5.41) is 9.74. The number of nitrogens with zero attached hydrogens (tertiary/aromatic N) is 2. The Morgan fingerprint density at radius 1 is 1.44 bits per heavy atom. The highest BCUT2D eigenvalue weighted by atomic mass is 35.5. The van der Waals surface area contributed by atoms with Gasteiger partial charge in [0.05, 0.1) is 17.3 Å². The van der Waals surface area contributed by atoms with E-state index in [4.69, 9.17) is 23.2 Å². The van der Waals surface area contributed by atoms with Crippen molar-refractivity contribution in [3.63, 3.8) is 0 Å². The molecule has 0 bridgehead atoms. The molecule has 0 saturated carbocycles. The van der Waals surface area contributed by atoms with E-state index in [1.807, 2.05) is 6.92 Å². The molecule has 0 aromatic carbocycles. The van der Waals surface area contributed by atoms with Crippen molar-refractivity contribution in [3.05, 3.63) is 46.0 Å². The van der Waals surface area contributed by atoms with Crippen LogP contribution < -0.4 is 5.32 Å². The number of hydrogen-bond donors (Lipinski definition) is 2. The first-order chi connectivity index (χ1) is 8.58. The topological polar surface area (TPSA) is 70.7 Å². The number of carbonyl (C=O) groups is 1. The van der Waals surface area contributed by atoms with E-state index in [9.17, 15) is 4.79 Å². The van der Waals surface area contributed by atoms with E-state index in [2.05, 4.69) is 20.5 Å². The molecular weight excluding hydrogens is 275 g/mol. The summed E-state index contributed by atoms with van der Waals surface area (Å²) < 4.78 is 0. The Morgan fingerprint density at radius 2 is 2.22 bits per heavy atom. The van der Waals surface area contributed by atoms with Crippen LogP contribution in [0.15, 0.2) is 24.5 Å². The van der Waals surface area contributed by atoms with Crippen LogP contribution in [0.1, 0.15) is 29.0 Å². The molecule has 0 radical (unpaired) electrons. The van der Waals surface area contributed by atoms with Crippen LogP contribution in [0.25, 0.3) is 0 Å². The lowest BCUT2D eigenvalue weighted by Crippen LogP contribution is -2.27. The van der Waals surface area contributed by atoms with Crippen molar-refractivity contribution in [2.75, 3.05) is 0 Å². The van der Waals surface area contributed by atoms with E-state index in [1.54, 1.807) is 12.4 Å². The van der Waals surface area contributed by atoms with Gasteiger partial charge in [-0.3, -0.25) is 9.89 Å². The molecule has 5 nitrogen and oxygen atoms in total. The molecule has 0 aliphatic rings. The number of pyridine rings is 1. The molecule has 1 unspecified atom stereocenters. The molecule has 0 fully saturated rings. The first-order valence-corrected chi connectivity index (χ1v) is 5.95. The Labute approximate surface area is 114 Å². The van der Waals surface area contributed by atoms with Crippen LogP contribution in [0.4, 0.5) is 0 Å². The van der Waals surface area contributed by atoms with Crippen molar-refractivity contribution in [3.8, 4) is 0 Å². The number of aromatic nitrogens is 3. The molecule has 0 spiro atoms. The molecular formula is C11H10Cl2N4O. The Kier molecular flexibility index (Phi) is 3.84. The first-order valence-electron chi connectivity index (χ1n) is 5.19. The van der Waals surface area contributed by atoms with Gasteiger partial charge in [-0.05, 0) is 19.1 Å². The minimum atomic E-state index is -0.379. The van der Waals surface area contributed by atoms with Crippen molar-refractivity contribution in [2.45, 2.75) is 13.0 Å². The molecule has 1 atom stereocenters. The van der Waals surface area contributed by atoms with Crippen LogP contribution >= 0.6 is 23.2 Å². The fraction of sp³-hybridized carbons (Fsp3) is 0.182. The quantitative estimate of drug-likeness (QED) is 0.851. The monoisotopic (exact) mass is 284 g/mol. The summed E-state index contributed by atoms with van der Waals surface area (Å²) in [4.78, 5) is 15.9. The van der Waals surface area contributed by atoms with Crippen LogP contribution in [0.3, 0.4) is 0 Å². The zero-order chi connectivity index (χ0) is 13.1. The van der Waals surface area contributed by atoms with Crippen LogP contribution in [-0.4, -0.2) is 21.1 Å². The Balaban J connectivity index is 2.15. The average Bonchev–Trinajstić information content (AvgIpc) is 2.85. The van der Waals surface area contributed by atoms with E-state index < -0.39 is 0 Å². The fourth-order valence-electron chi connectivity index (χ4n) is 1.42. The van der Waals surface area contributed by atoms with Crippen LogP contribution in [0, 0.1) is 0 Å². The maximum atomic E-state index is 12.0. The number of rotatable bonds is 3. The maximum absolute atomic E-state index is 12.0. The number of H-pyrrole nitrogens is 1. The van der Waals surface area contributed by atoms with Gasteiger partial charge in [-0.15, -0.1) is 0 Å². The predicted octanol–water partition coefficient (Wildman–Crippen LogP) is 2.60. The number of hydrogen-bond acceptors (Lipinski definition) is 3. The summed E-state index contributed by atoms with van der Waals surface area (Å²) in [5.74, 6) is -0.379. The summed E-state index contributed by atoms with van der Waals surface area (Å²) in [6, 6.07) is 2.86. The van der Waals surface area contributed by atoms with Crippen LogP contribution in [0.2, 0.25) is 10.2 Å². The van der Waals surface area contributed by atoms with Gasteiger partial charge in [0.1, 0.15) is 10.8 Å². The maximum Gasteiger partial charge on any atom is 0.271 e. The highest BCUT2D eigenvalue weighted by Crippen LogP contribution is 2.18. The Hall–Kier alpha value is -1.59. The van der Waals surface area contributed by atoms with Gasteiger partial charge in [-0.1, -0.05) is 23.2 Å². The number of aromatic amines is 1. The Bertz CT molecular complexity index is 556. The van der Waals surface area contributed by atoms with Gasteiger partial charge in [0.15, 0.2) is 0 Å². The molecule has 2 rings (SSSR count). The van der Waals surface area contributed by atoms with Gasteiger partial charge in [0.25, 0.3) is 5.91 Å². The number of nitrogens with one attached hydrogen (secondary N) is 2. The number of halogens is 2. The molecule has 0 aliphatic heterocycles. The van der Waals surface area contributed by atoms with Crippen molar-refractivity contribution in [2.24, 2.45) is 0 Å². The molecule has 0 saturated heterocycles. The summed E-state index contributed by atoms with van der Waals surface area (Å²) in [7, 11) is 0. The molecule has 2 aromatic heterocycles. The second-order valence-electron chi connectivity index (χ2n) is 3.69. The van der Waals surface area contributed by atoms with E-state index in [1.165, 1.54) is 12.1 Å². The fourth-order valence-corrected chi connectivity index (χ4v) is 1.76. The minimum Gasteiger partial charge on any atom is -0.344 e. The summed E-state index contributed by atoms with van der Waals surface area (Å²) in [6.07, 6.45) is 3.34. The third kappa shape index (κ3) is 2.80. The molecule has 2 N–H and O–H groups in total. The molecule has 94 valence electrons. The Morgan fingerprint density at radius 3 is 2.89 bits per heavy atom. The lowest BCUT2D eigenvalue weighted by Gasteiger charge is -2.12. The molecule has 0 aliphatic carbocycles. The van der Waals surface area contributed by atoms with Crippen LogP contribution in [-0.2, 0) is 0 Å². The second-order valence-corrected chi connectivity index (χ2v) is 4.49. The van der Waals surface area contributed by atoms with Crippen molar-refractivity contribution in [1.82, 2.24) is 20.5 Å². The van der Waals surface area contributed by atoms with Gasteiger partial charge in [-0.25, -0.2) is 4.98 Å². The minimum absolute atomic E-state index is 0.111. The van der Waals surface area contributed by atoms with Crippen molar-refractivity contribution >= 4 is 29.1 Å². The third-order valence-electron chi connectivity index (χ3n) is 2.39. The van der Waals surface area contributed by atoms with E-state index in [0.717, 1.165) is 5.56 Å². The highest BCUT2D eigenvalue weighted by Gasteiger charge is 2.16. The van der Waals surface area contributed by atoms with Crippen LogP contribution in [0.5, 0.6) is 0 Å². The van der Waals surface area contributed by atoms with E-state index >= 15 is 0 Å². The first kappa shape index (κ1) is 12.9. The van der Waals surface area contributed by atoms with Crippen molar-refractivity contribution < 1.29 is 4.79 Å². The lowest BCUT2D eigenvalue weighted by molar-refractivity contribution is 0.0935. The zero-order valence-corrected chi connectivity index (χ0v) is 11.0. The molecule has 7 heteroatoms. The van der Waals surface area contributed by atoms with Gasteiger partial charge in [-0.2, -0.15) is 5.10 Å². The van der Waals surface area contributed by atoms with Gasteiger partial charge in [0.2, 0.25) is 0 Å². The largest absolute Gasteiger partial charge is 0.344 e. The van der Waals surface area contributed by atoms with Gasteiger partial charge < -0.3 is 5.32 Å². The third-order valence-corrected chi connectivity index (χ3v) is 2.91. The van der Waals surface area contributed by atoms with Crippen molar-refractivity contribution in [1.29, 1.82) is 0 Å². The standard InChI is InChI=1S/C11H10Cl2N4O/c1-6(7-4-14-15-5-7)16-11(18)10-8(12)2-3-9(13)17-10/h2-6H,1H3,(H,14,15)(H,16,18). The SMILES string of the molecule is CC(NC(=O)c1nc(Cl)ccc1Cl)c1cn[nH]c1. The summed E-state index contributed by atoms with van der Waals surface area (Å²) >= 11 is 11.6. The van der Waals surface area contributed by atoms with Gasteiger partial charge in [0, 0.05) is 11.8 Å². The molecule has 1 amide bonds. The molecule has 18 heavy (non-hydrogen) atoms. The lowest BCUT2D eigenvalue weighted by atomic mass is 10.2. The number of amides is 1.